The van der Waals surface area contributed by atoms with Gasteiger partial charge in [-0.3, -0.25) is 0 Å². The highest BCUT2D eigenvalue weighted by molar-refractivity contribution is 7.89. The van der Waals surface area contributed by atoms with Gasteiger partial charge in [0.1, 0.15) is 0 Å². The maximum Gasteiger partial charge on any atom is 0.276 e. The number of hydrazone groups is 1. The molecule has 1 unspecified atom stereocenters. The molecule has 0 saturated heterocycles. The van der Waals surface area contributed by atoms with E-state index in [2.05, 4.69) is 28.9 Å². The van der Waals surface area contributed by atoms with Crippen LogP contribution in [0.25, 0.3) is 0 Å². The average Bonchev–Trinajstić information content (AvgIpc) is 2.63. The van der Waals surface area contributed by atoms with Gasteiger partial charge in [-0.1, -0.05) is 62.6 Å². The Kier molecular flexibility index (Phi) is 9.45. The molecule has 28 heavy (non-hydrogen) atoms. The number of nitrogens with one attached hydrogen (secondary N) is 1. The zero-order valence-corrected chi connectivity index (χ0v) is 18.6. The molecule has 1 aromatic carbocycles. The Morgan fingerprint density at radius 3 is 2.14 bits per heavy atom. The Hall–Kier alpha value is -1.40. The summed E-state index contributed by atoms with van der Waals surface area (Å²) in [6.45, 7) is 2.85. The average molecular weight is 408 g/mol. The molecule has 0 spiro atoms. The largest absolute Gasteiger partial charge is 0.309 e. The van der Waals surface area contributed by atoms with E-state index >= 15 is 0 Å². The molecule has 1 saturated carbocycles. The highest BCUT2D eigenvalue weighted by Gasteiger charge is 2.19. The smallest absolute Gasteiger partial charge is 0.276 e. The van der Waals surface area contributed by atoms with Crippen molar-refractivity contribution in [2.45, 2.75) is 76.0 Å². The van der Waals surface area contributed by atoms with Gasteiger partial charge in [-0.25, -0.2) is 4.83 Å². The van der Waals surface area contributed by atoms with Gasteiger partial charge >= 0.3 is 0 Å². The van der Waals surface area contributed by atoms with Crippen LogP contribution in [-0.4, -0.2) is 39.7 Å². The molecule has 1 atom stereocenters. The lowest BCUT2D eigenvalue weighted by Gasteiger charge is -2.23. The van der Waals surface area contributed by atoms with E-state index in [0.29, 0.717) is 5.92 Å². The van der Waals surface area contributed by atoms with Crippen LogP contribution in [0.15, 0.2) is 34.3 Å². The molecule has 0 bridgehead atoms. The molecule has 1 aliphatic rings. The van der Waals surface area contributed by atoms with E-state index in [-0.39, 0.29) is 4.90 Å². The van der Waals surface area contributed by atoms with Crippen LogP contribution in [0.2, 0.25) is 0 Å². The van der Waals surface area contributed by atoms with Gasteiger partial charge in [0, 0.05) is 18.2 Å². The maximum atomic E-state index is 12.7. The zero-order chi connectivity index (χ0) is 20.4. The normalized spacial score (nSPS) is 21.9. The summed E-state index contributed by atoms with van der Waals surface area (Å²) in [6, 6.07) is 6.89. The van der Waals surface area contributed by atoms with Gasteiger partial charge in [-0.2, -0.15) is 13.5 Å². The first kappa shape index (κ1) is 22.9. The Morgan fingerprint density at radius 1 is 0.964 bits per heavy atom. The van der Waals surface area contributed by atoms with Crippen LogP contribution >= 0.6 is 0 Å². The van der Waals surface area contributed by atoms with Crippen molar-refractivity contribution in [1.29, 1.82) is 0 Å². The predicted molar refractivity (Wildman–Crippen MR) is 117 cm³/mol. The number of rotatable bonds is 5. The fourth-order valence-corrected chi connectivity index (χ4v) is 4.64. The summed E-state index contributed by atoms with van der Waals surface area (Å²) < 4.78 is 25.3. The second-order valence-electron chi connectivity index (χ2n) is 8.34. The molecule has 0 heterocycles. The van der Waals surface area contributed by atoms with E-state index in [9.17, 15) is 8.42 Å². The van der Waals surface area contributed by atoms with Crippen LogP contribution in [-0.2, 0) is 10.0 Å². The lowest BCUT2D eigenvalue weighted by molar-refractivity contribution is 0.349. The SMILES string of the molecule is Cc1ccc(S(=O)(=O)N/N=C2\CCCCCCCCCCC2CN(C)C)cc1. The van der Waals surface area contributed by atoms with E-state index in [1.165, 1.54) is 44.9 Å². The maximum absolute atomic E-state index is 12.7. The van der Waals surface area contributed by atoms with Gasteiger partial charge in [0.15, 0.2) is 0 Å². The van der Waals surface area contributed by atoms with Gasteiger partial charge in [0.25, 0.3) is 10.0 Å². The molecule has 1 aliphatic carbocycles. The fourth-order valence-electron chi connectivity index (χ4n) is 3.80. The first-order valence-electron chi connectivity index (χ1n) is 10.7. The van der Waals surface area contributed by atoms with E-state index in [0.717, 1.165) is 37.1 Å². The standard InChI is InChI=1S/C22H37N3O2S/c1-19-14-16-21(17-15-19)28(26,27)24-23-22-13-11-9-7-5-4-6-8-10-12-20(22)18-25(2)3/h14-17,20,24H,4-13,18H2,1-3H3/b23-22+. The van der Waals surface area contributed by atoms with Crippen LogP contribution in [0.4, 0.5) is 0 Å². The van der Waals surface area contributed by atoms with Crippen molar-refractivity contribution in [1.82, 2.24) is 9.73 Å². The summed E-state index contributed by atoms with van der Waals surface area (Å²) >= 11 is 0. The van der Waals surface area contributed by atoms with Gasteiger partial charge < -0.3 is 4.90 Å². The van der Waals surface area contributed by atoms with Crippen LogP contribution in [0.5, 0.6) is 0 Å². The second-order valence-corrected chi connectivity index (χ2v) is 10.00. The lowest BCUT2D eigenvalue weighted by atomic mass is 9.91. The minimum absolute atomic E-state index is 0.264. The van der Waals surface area contributed by atoms with Crippen molar-refractivity contribution in [3.63, 3.8) is 0 Å². The summed E-state index contributed by atoms with van der Waals surface area (Å²) in [5, 5.41) is 4.47. The Bertz CT molecular complexity index is 712. The number of aryl methyl sites for hydroxylation is 1. The molecule has 2 rings (SSSR count). The molecule has 5 nitrogen and oxygen atoms in total. The van der Waals surface area contributed by atoms with Crippen LogP contribution in [0.1, 0.15) is 69.8 Å². The number of benzene rings is 1. The third kappa shape index (κ3) is 7.92. The first-order chi connectivity index (χ1) is 13.4. The molecule has 158 valence electrons. The fraction of sp³-hybridized carbons (Fsp3) is 0.682. The number of hydrogen-bond donors (Lipinski definition) is 1. The molecular weight excluding hydrogens is 370 g/mol. The van der Waals surface area contributed by atoms with Gasteiger partial charge in [-0.05, 0) is 52.4 Å². The number of nitrogens with zero attached hydrogens (tertiary/aromatic N) is 2. The number of sulfonamides is 1. The lowest BCUT2D eigenvalue weighted by Crippen LogP contribution is -2.30. The van der Waals surface area contributed by atoms with Crippen molar-refractivity contribution in [3.8, 4) is 0 Å². The van der Waals surface area contributed by atoms with Gasteiger partial charge in [0.2, 0.25) is 0 Å². The second kappa shape index (κ2) is 11.6. The molecule has 0 radical (unpaired) electrons. The first-order valence-corrected chi connectivity index (χ1v) is 12.2. The Labute approximate surface area is 171 Å². The molecule has 0 aliphatic heterocycles. The van der Waals surface area contributed by atoms with Crippen molar-refractivity contribution < 1.29 is 8.42 Å². The predicted octanol–water partition coefficient (Wildman–Crippen LogP) is 4.72. The van der Waals surface area contributed by atoms with Crippen LogP contribution in [0.3, 0.4) is 0 Å². The van der Waals surface area contributed by atoms with Crippen LogP contribution < -0.4 is 4.83 Å². The highest BCUT2D eigenvalue weighted by atomic mass is 32.2. The van der Waals surface area contributed by atoms with Gasteiger partial charge in [-0.15, -0.1) is 0 Å². The van der Waals surface area contributed by atoms with E-state index < -0.39 is 10.0 Å². The Morgan fingerprint density at radius 2 is 1.54 bits per heavy atom. The minimum atomic E-state index is -3.63. The van der Waals surface area contributed by atoms with Crippen molar-refractivity contribution >= 4 is 15.7 Å². The molecule has 1 N–H and O–H groups in total. The van der Waals surface area contributed by atoms with E-state index in [1.807, 2.05) is 19.1 Å². The van der Waals surface area contributed by atoms with Crippen molar-refractivity contribution in [3.05, 3.63) is 29.8 Å². The number of hydrogen-bond acceptors (Lipinski definition) is 4. The monoisotopic (exact) mass is 407 g/mol. The highest BCUT2D eigenvalue weighted by Crippen LogP contribution is 2.21. The Balaban J connectivity index is 2.18. The van der Waals surface area contributed by atoms with Crippen molar-refractivity contribution in [2.24, 2.45) is 11.0 Å². The summed E-state index contributed by atoms with van der Waals surface area (Å²) in [7, 11) is 0.517. The topological polar surface area (TPSA) is 61.8 Å². The summed E-state index contributed by atoms with van der Waals surface area (Å²) in [5.74, 6) is 0.301. The van der Waals surface area contributed by atoms with Crippen LogP contribution in [0, 0.1) is 12.8 Å². The van der Waals surface area contributed by atoms with Gasteiger partial charge in [0.05, 0.1) is 4.90 Å². The minimum Gasteiger partial charge on any atom is -0.309 e. The third-order valence-electron chi connectivity index (χ3n) is 5.43. The molecule has 6 heteroatoms. The molecule has 0 amide bonds. The summed E-state index contributed by atoms with van der Waals surface area (Å²) in [6.07, 6.45) is 11.9. The molecular formula is C22H37N3O2S. The summed E-state index contributed by atoms with van der Waals surface area (Å²) in [5.41, 5.74) is 2.04. The summed E-state index contributed by atoms with van der Waals surface area (Å²) in [4.78, 5) is 4.97. The van der Waals surface area contributed by atoms with Crippen molar-refractivity contribution in [2.75, 3.05) is 20.6 Å². The molecule has 0 aromatic heterocycles. The zero-order valence-electron chi connectivity index (χ0n) is 17.8. The third-order valence-corrected chi connectivity index (χ3v) is 6.66. The molecule has 1 aromatic rings. The van der Waals surface area contributed by atoms with E-state index in [1.54, 1.807) is 12.1 Å². The molecule has 1 fully saturated rings. The van der Waals surface area contributed by atoms with E-state index in [4.69, 9.17) is 0 Å². The quantitative estimate of drug-likeness (QED) is 0.718.